The fourth-order valence-electron chi connectivity index (χ4n) is 1.87. The van der Waals surface area contributed by atoms with E-state index in [1.165, 1.54) is 0 Å². The second-order valence-corrected chi connectivity index (χ2v) is 4.20. The van der Waals surface area contributed by atoms with Crippen molar-refractivity contribution in [3.63, 3.8) is 0 Å². The zero-order chi connectivity index (χ0) is 11.9. The van der Waals surface area contributed by atoms with Crippen LogP contribution in [-0.4, -0.2) is 35.6 Å². The molecule has 1 fully saturated rings. The third-order valence-electron chi connectivity index (χ3n) is 2.67. The van der Waals surface area contributed by atoms with Gasteiger partial charge in [0.15, 0.2) is 0 Å². The van der Waals surface area contributed by atoms with E-state index in [9.17, 15) is 22.0 Å². The van der Waals surface area contributed by atoms with Gasteiger partial charge in [0.1, 0.15) is 6.04 Å². The molecule has 0 unspecified atom stereocenters. The summed E-state index contributed by atoms with van der Waals surface area (Å²) < 4.78 is 63.4. The normalized spacial score (nSPS) is 28.4. The summed E-state index contributed by atoms with van der Waals surface area (Å²) in [7, 11) is 0. The van der Waals surface area contributed by atoms with E-state index >= 15 is 0 Å². The maximum atomic E-state index is 12.9. The van der Waals surface area contributed by atoms with Gasteiger partial charge in [0.2, 0.25) is 0 Å². The predicted octanol–water partition coefficient (Wildman–Crippen LogP) is 3.06. The molecule has 0 spiro atoms. The minimum atomic E-state index is -4.58. The molecule has 6 heteroatoms. The van der Waals surface area contributed by atoms with E-state index in [1.807, 2.05) is 0 Å². The molecule has 1 aliphatic rings. The first-order valence-electron chi connectivity index (χ1n) is 4.84. The Kier molecular flexibility index (Phi) is 3.28. The number of hydrogen-bond donors (Lipinski definition) is 0. The summed E-state index contributed by atoms with van der Waals surface area (Å²) in [5, 5.41) is 0. The number of halogens is 5. The minimum absolute atomic E-state index is 0.200. The van der Waals surface area contributed by atoms with Crippen molar-refractivity contribution in [2.45, 2.75) is 50.9 Å². The molecule has 0 amide bonds. The van der Waals surface area contributed by atoms with E-state index in [4.69, 9.17) is 0 Å². The molecule has 0 radical (unpaired) electrons. The number of nitrogens with zero attached hydrogens (tertiary/aromatic N) is 1. The van der Waals surface area contributed by atoms with Gasteiger partial charge in [-0.2, -0.15) is 13.2 Å². The molecule has 0 bridgehead atoms. The van der Waals surface area contributed by atoms with Crippen LogP contribution < -0.4 is 0 Å². The van der Waals surface area contributed by atoms with Gasteiger partial charge in [0.05, 0.1) is 0 Å². The summed E-state index contributed by atoms with van der Waals surface area (Å²) in [5.74, 6) is -3.19. The fourth-order valence-corrected chi connectivity index (χ4v) is 1.87. The molecule has 1 atom stereocenters. The van der Waals surface area contributed by atoms with Crippen LogP contribution in [0.1, 0.15) is 26.7 Å². The third-order valence-corrected chi connectivity index (χ3v) is 2.67. The van der Waals surface area contributed by atoms with Crippen LogP contribution in [0.4, 0.5) is 22.0 Å². The Morgan fingerprint density at radius 3 is 2.20 bits per heavy atom. The SMILES string of the molecule is CC(C)N1CCC(F)(F)C[C@@H]1C(F)(F)F. The maximum absolute atomic E-state index is 12.9. The molecule has 0 aromatic rings. The first-order chi connectivity index (χ1) is 6.63. The minimum Gasteiger partial charge on any atom is -0.289 e. The van der Waals surface area contributed by atoms with Crippen molar-refractivity contribution >= 4 is 0 Å². The van der Waals surface area contributed by atoms with Crippen molar-refractivity contribution in [3.05, 3.63) is 0 Å². The van der Waals surface area contributed by atoms with Gasteiger partial charge in [-0.05, 0) is 13.8 Å². The fraction of sp³-hybridized carbons (Fsp3) is 1.00. The summed E-state index contributed by atoms with van der Waals surface area (Å²) >= 11 is 0. The standard InChI is InChI=1S/C9H14F5N/c1-6(2)15-4-3-8(10,11)5-7(15)9(12,13)14/h6-7H,3-5H2,1-2H3/t7-/m1/s1. The molecule has 90 valence electrons. The molecule has 0 saturated carbocycles. The van der Waals surface area contributed by atoms with E-state index in [1.54, 1.807) is 13.8 Å². The third kappa shape index (κ3) is 3.03. The van der Waals surface area contributed by atoms with Crippen molar-refractivity contribution in [1.29, 1.82) is 0 Å². The molecule has 1 aliphatic heterocycles. The second kappa shape index (κ2) is 3.88. The van der Waals surface area contributed by atoms with Crippen molar-refractivity contribution in [3.8, 4) is 0 Å². The molecule has 1 rings (SSSR count). The lowest BCUT2D eigenvalue weighted by molar-refractivity contribution is -0.223. The van der Waals surface area contributed by atoms with Crippen molar-refractivity contribution in [2.75, 3.05) is 6.54 Å². The van der Waals surface area contributed by atoms with Crippen LogP contribution in [0.5, 0.6) is 0 Å². The van der Waals surface area contributed by atoms with Crippen molar-refractivity contribution in [2.24, 2.45) is 0 Å². The topological polar surface area (TPSA) is 3.24 Å². The maximum Gasteiger partial charge on any atom is 0.404 e. The number of rotatable bonds is 1. The van der Waals surface area contributed by atoms with Gasteiger partial charge < -0.3 is 0 Å². The molecule has 0 aromatic carbocycles. The van der Waals surface area contributed by atoms with Gasteiger partial charge >= 0.3 is 6.18 Å². The molecule has 0 N–H and O–H groups in total. The Hall–Kier alpha value is -0.390. The first-order valence-corrected chi connectivity index (χ1v) is 4.84. The molecule has 1 heterocycles. The summed E-state index contributed by atoms with van der Waals surface area (Å²) in [5.41, 5.74) is 0. The highest BCUT2D eigenvalue weighted by molar-refractivity contribution is 4.91. The highest BCUT2D eigenvalue weighted by Crippen LogP contribution is 2.39. The molecular weight excluding hydrogens is 217 g/mol. The summed E-state index contributed by atoms with van der Waals surface area (Å²) in [6.07, 6.45) is -6.18. The Morgan fingerprint density at radius 2 is 1.80 bits per heavy atom. The van der Waals surface area contributed by atoms with Gasteiger partial charge in [-0.15, -0.1) is 0 Å². The van der Waals surface area contributed by atoms with Gasteiger partial charge in [0.25, 0.3) is 5.92 Å². The highest BCUT2D eigenvalue weighted by atomic mass is 19.4. The average Bonchev–Trinajstić information content (AvgIpc) is 2.00. The summed E-state index contributed by atoms with van der Waals surface area (Å²) in [4.78, 5) is 1.09. The van der Waals surface area contributed by atoms with Gasteiger partial charge in [-0.3, -0.25) is 4.90 Å². The van der Waals surface area contributed by atoms with E-state index in [0.29, 0.717) is 0 Å². The van der Waals surface area contributed by atoms with Crippen LogP contribution in [0.25, 0.3) is 0 Å². The van der Waals surface area contributed by atoms with Gasteiger partial charge in [-0.1, -0.05) is 0 Å². The van der Waals surface area contributed by atoms with Gasteiger partial charge in [0, 0.05) is 25.4 Å². The molecule has 0 aromatic heterocycles. The number of alkyl halides is 5. The van der Waals surface area contributed by atoms with Crippen LogP contribution in [0.2, 0.25) is 0 Å². The predicted molar refractivity (Wildman–Crippen MR) is 45.9 cm³/mol. The summed E-state index contributed by atoms with van der Waals surface area (Å²) in [6, 6.07) is -2.38. The Morgan fingerprint density at radius 1 is 1.27 bits per heavy atom. The van der Waals surface area contributed by atoms with Crippen LogP contribution in [0.3, 0.4) is 0 Å². The second-order valence-electron chi connectivity index (χ2n) is 4.20. The van der Waals surface area contributed by atoms with Crippen LogP contribution in [0.15, 0.2) is 0 Å². The molecule has 1 saturated heterocycles. The Labute approximate surface area is 85.2 Å². The number of piperidine rings is 1. The van der Waals surface area contributed by atoms with Crippen LogP contribution >= 0.6 is 0 Å². The largest absolute Gasteiger partial charge is 0.404 e. The lowest BCUT2D eigenvalue weighted by Crippen LogP contribution is -2.56. The zero-order valence-corrected chi connectivity index (χ0v) is 8.61. The number of hydrogen-bond acceptors (Lipinski definition) is 1. The molecule has 0 aliphatic carbocycles. The number of likely N-dealkylation sites (tertiary alicyclic amines) is 1. The van der Waals surface area contributed by atoms with Crippen molar-refractivity contribution in [1.82, 2.24) is 4.90 Å². The lowest BCUT2D eigenvalue weighted by atomic mass is 9.96. The van der Waals surface area contributed by atoms with E-state index in [0.717, 1.165) is 4.90 Å². The molecule has 15 heavy (non-hydrogen) atoms. The lowest BCUT2D eigenvalue weighted by Gasteiger charge is -2.42. The van der Waals surface area contributed by atoms with E-state index in [2.05, 4.69) is 0 Å². The van der Waals surface area contributed by atoms with Crippen LogP contribution in [0, 0.1) is 0 Å². The smallest absolute Gasteiger partial charge is 0.289 e. The van der Waals surface area contributed by atoms with E-state index < -0.39 is 31.0 Å². The first kappa shape index (κ1) is 12.7. The summed E-state index contributed by atoms with van der Waals surface area (Å²) in [6.45, 7) is 2.97. The molecular formula is C9H14F5N. The quantitative estimate of drug-likeness (QED) is 0.627. The van der Waals surface area contributed by atoms with E-state index in [-0.39, 0.29) is 12.6 Å². The average molecular weight is 231 g/mol. The molecule has 1 nitrogen and oxygen atoms in total. The Balaban J connectivity index is 2.84. The van der Waals surface area contributed by atoms with Gasteiger partial charge in [-0.25, -0.2) is 8.78 Å². The van der Waals surface area contributed by atoms with Crippen LogP contribution in [-0.2, 0) is 0 Å². The Bertz CT molecular complexity index is 223. The van der Waals surface area contributed by atoms with Crippen molar-refractivity contribution < 1.29 is 22.0 Å². The zero-order valence-electron chi connectivity index (χ0n) is 8.61. The highest BCUT2D eigenvalue weighted by Gasteiger charge is 2.52. The monoisotopic (exact) mass is 231 g/mol.